The van der Waals surface area contributed by atoms with E-state index in [2.05, 4.69) is 10.6 Å². The summed E-state index contributed by atoms with van der Waals surface area (Å²) in [5.74, 6) is -0.150. The number of hydrogen-bond donors (Lipinski definition) is 2. The zero-order valence-electron chi connectivity index (χ0n) is 13.6. The van der Waals surface area contributed by atoms with Gasteiger partial charge in [-0.05, 0) is 12.8 Å². The van der Waals surface area contributed by atoms with Crippen LogP contribution in [0.5, 0.6) is 0 Å². The molecule has 7 nitrogen and oxygen atoms in total. The number of nitrogens with one attached hydrogen (secondary N) is 2. The summed E-state index contributed by atoms with van der Waals surface area (Å²) >= 11 is 0. The lowest BCUT2D eigenvalue weighted by atomic mass is 10.1. The summed E-state index contributed by atoms with van der Waals surface area (Å²) in [5, 5.41) is 5.37. The molecule has 0 aromatic rings. The van der Waals surface area contributed by atoms with E-state index in [4.69, 9.17) is 9.47 Å². The minimum Gasteiger partial charge on any atom is -0.377 e. The molecule has 1 atom stereocenters. The molecule has 0 rings (SSSR count). The van der Waals surface area contributed by atoms with Crippen LogP contribution in [0, 0.1) is 5.92 Å². The molecule has 0 saturated carbocycles. The molecule has 0 unspecified atom stereocenters. The summed E-state index contributed by atoms with van der Waals surface area (Å²) in [5.41, 5.74) is 0. The fourth-order valence-corrected chi connectivity index (χ4v) is 1.62. The van der Waals surface area contributed by atoms with Gasteiger partial charge in [0.2, 0.25) is 11.8 Å². The van der Waals surface area contributed by atoms with Gasteiger partial charge in [-0.15, -0.1) is 0 Å². The Balaban J connectivity index is 3.26. The van der Waals surface area contributed by atoms with Gasteiger partial charge in [0.25, 0.3) is 0 Å². The van der Waals surface area contributed by atoms with E-state index >= 15 is 0 Å². The quantitative estimate of drug-likeness (QED) is 0.354. The minimum atomic E-state index is -0.151. The van der Waals surface area contributed by atoms with Crippen LogP contribution in [-0.2, 0) is 23.9 Å². The summed E-state index contributed by atoms with van der Waals surface area (Å²) in [6, 6.07) is 0. The first-order chi connectivity index (χ1) is 10.6. The predicted octanol–water partition coefficient (Wildman–Crippen LogP) is 0.277. The highest BCUT2D eigenvalue weighted by Gasteiger charge is 2.02. The van der Waals surface area contributed by atoms with E-state index in [1.54, 1.807) is 0 Å². The van der Waals surface area contributed by atoms with E-state index < -0.39 is 0 Å². The molecule has 0 aliphatic heterocycles. The highest BCUT2D eigenvalue weighted by molar-refractivity contribution is 5.77. The van der Waals surface area contributed by atoms with E-state index in [1.807, 2.05) is 6.92 Å². The number of ether oxygens (including phenoxy) is 2. The Labute approximate surface area is 132 Å². The molecule has 0 aromatic heterocycles. The highest BCUT2D eigenvalue weighted by Crippen LogP contribution is 2.03. The molecular weight excluding hydrogens is 288 g/mol. The highest BCUT2D eigenvalue weighted by atomic mass is 16.5. The van der Waals surface area contributed by atoms with Crippen molar-refractivity contribution in [3.63, 3.8) is 0 Å². The third-order valence-corrected chi connectivity index (χ3v) is 2.87. The van der Waals surface area contributed by atoms with Gasteiger partial charge in [0.05, 0.1) is 19.8 Å². The monoisotopic (exact) mass is 316 g/mol. The van der Waals surface area contributed by atoms with Crippen LogP contribution in [0.4, 0.5) is 0 Å². The standard InChI is InChI=1S/C15H28N2O5/c1-13(11-18)5-3-4-6-17-15(20)12-22-10-9-21-8-7-16-14(2)19/h11,13H,3-10,12H2,1-2H3,(H,16,19)(H,17,20)/t13-/m0/s1. The third-order valence-electron chi connectivity index (χ3n) is 2.87. The lowest BCUT2D eigenvalue weighted by Gasteiger charge is -2.08. The second-order valence-electron chi connectivity index (χ2n) is 5.11. The molecule has 22 heavy (non-hydrogen) atoms. The molecular formula is C15H28N2O5. The van der Waals surface area contributed by atoms with E-state index in [9.17, 15) is 14.4 Å². The Hall–Kier alpha value is -1.47. The first-order valence-electron chi connectivity index (χ1n) is 7.68. The Morgan fingerprint density at radius 2 is 1.77 bits per heavy atom. The average molecular weight is 316 g/mol. The van der Waals surface area contributed by atoms with Crippen LogP contribution in [-0.4, -0.2) is 57.6 Å². The van der Waals surface area contributed by atoms with Crippen molar-refractivity contribution in [1.82, 2.24) is 10.6 Å². The molecule has 128 valence electrons. The second-order valence-corrected chi connectivity index (χ2v) is 5.11. The molecule has 0 saturated heterocycles. The number of rotatable bonds is 14. The maximum atomic E-state index is 11.4. The Kier molecular flexibility index (Phi) is 13.5. The maximum absolute atomic E-state index is 11.4. The molecule has 2 N–H and O–H groups in total. The molecule has 7 heteroatoms. The van der Waals surface area contributed by atoms with Crippen LogP contribution in [0.25, 0.3) is 0 Å². The van der Waals surface area contributed by atoms with Crippen LogP contribution in [0.3, 0.4) is 0 Å². The number of amides is 2. The Bertz CT molecular complexity index is 323. The van der Waals surface area contributed by atoms with Crippen molar-refractivity contribution in [3.8, 4) is 0 Å². The summed E-state index contributed by atoms with van der Waals surface area (Å²) in [4.78, 5) is 32.4. The molecule has 0 radical (unpaired) electrons. The zero-order chi connectivity index (χ0) is 16.6. The van der Waals surface area contributed by atoms with Gasteiger partial charge in [0, 0.05) is 25.9 Å². The van der Waals surface area contributed by atoms with Crippen LogP contribution in [0.15, 0.2) is 0 Å². The molecule has 0 aliphatic rings. The van der Waals surface area contributed by atoms with Crippen molar-refractivity contribution in [1.29, 1.82) is 0 Å². The lowest BCUT2D eigenvalue weighted by molar-refractivity contribution is -0.126. The number of aldehydes is 1. The van der Waals surface area contributed by atoms with Gasteiger partial charge in [-0.2, -0.15) is 0 Å². The van der Waals surface area contributed by atoms with E-state index in [0.717, 1.165) is 25.5 Å². The summed E-state index contributed by atoms with van der Waals surface area (Å²) in [6.45, 7) is 5.57. The van der Waals surface area contributed by atoms with Crippen LogP contribution in [0.2, 0.25) is 0 Å². The Morgan fingerprint density at radius 3 is 2.45 bits per heavy atom. The molecule has 0 aliphatic carbocycles. The SMILES string of the molecule is CC(=O)NCCOCCOCC(=O)NCCCC[C@H](C)C=O. The molecule has 0 heterocycles. The van der Waals surface area contributed by atoms with Crippen molar-refractivity contribution >= 4 is 18.1 Å². The zero-order valence-corrected chi connectivity index (χ0v) is 13.6. The van der Waals surface area contributed by atoms with E-state index in [-0.39, 0.29) is 24.3 Å². The van der Waals surface area contributed by atoms with Gasteiger partial charge in [-0.25, -0.2) is 0 Å². The number of unbranched alkanes of at least 4 members (excludes halogenated alkanes) is 1. The molecule has 0 spiro atoms. The maximum Gasteiger partial charge on any atom is 0.245 e. The van der Waals surface area contributed by atoms with E-state index in [1.165, 1.54) is 6.92 Å². The normalized spacial score (nSPS) is 11.7. The van der Waals surface area contributed by atoms with Crippen molar-refractivity contribution in [3.05, 3.63) is 0 Å². The lowest BCUT2D eigenvalue weighted by Crippen LogP contribution is -2.29. The van der Waals surface area contributed by atoms with Crippen molar-refractivity contribution in [2.24, 2.45) is 5.92 Å². The molecule has 0 bridgehead atoms. The van der Waals surface area contributed by atoms with Gasteiger partial charge in [-0.1, -0.05) is 13.3 Å². The predicted molar refractivity (Wildman–Crippen MR) is 82.4 cm³/mol. The summed E-state index contributed by atoms with van der Waals surface area (Å²) in [6.07, 6.45) is 3.58. The number of hydrogen-bond acceptors (Lipinski definition) is 5. The largest absolute Gasteiger partial charge is 0.377 e. The van der Waals surface area contributed by atoms with E-state index in [0.29, 0.717) is 32.9 Å². The average Bonchev–Trinajstić information content (AvgIpc) is 2.48. The van der Waals surface area contributed by atoms with Crippen LogP contribution >= 0.6 is 0 Å². The topological polar surface area (TPSA) is 93.7 Å². The van der Waals surface area contributed by atoms with Crippen molar-refractivity contribution < 1.29 is 23.9 Å². The smallest absolute Gasteiger partial charge is 0.245 e. The van der Waals surface area contributed by atoms with Crippen LogP contribution in [0.1, 0.15) is 33.1 Å². The first-order valence-corrected chi connectivity index (χ1v) is 7.68. The fourth-order valence-electron chi connectivity index (χ4n) is 1.62. The second kappa shape index (κ2) is 14.5. The number of carbonyl (C=O) groups is 3. The van der Waals surface area contributed by atoms with Crippen LogP contribution < -0.4 is 10.6 Å². The first kappa shape index (κ1) is 20.5. The fraction of sp³-hybridized carbons (Fsp3) is 0.800. The third kappa shape index (κ3) is 14.9. The number of carbonyl (C=O) groups excluding carboxylic acids is 3. The molecule has 0 fully saturated rings. The summed E-state index contributed by atoms with van der Waals surface area (Å²) < 4.78 is 10.4. The molecule has 0 aromatic carbocycles. The summed E-state index contributed by atoms with van der Waals surface area (Å²) in [7, 11) is 0. The van der Waals surface area contributed by atoms with Gasteiger partial charge >= 0.3 is 0 Å². The van der Waals surface area contributed by atoms with Gasteiger partial charge < -0.3 is 24.9 Å². The molecule has 2 amide bonds. The van der Waals surface area contributed by atoms with Crippen molar-refractivity contribution in [2.75, 3.05) is 39.5 Å². The van der Waals surface area contributed by atoms with Gasteiger partial charge in [-0.3, -0.25) is 9.59 Å². The van der Waals surface area contributed by atoms with Gasteiger partial charge in [0.1, 0.15) is 12.9 Å². The van der Waals surface area contributed by atoms with Gasteiger partial charge in [0.15, 0.2) is 0 Å². The Morgan fingerprint density at radius 1 is 1.05 bits per heavy atom. The minimum absolute atomic E-state index is 0.0137. The van der Waals surface area contributed by atoms with Crippen molar-refractivity contribution in [2.45, 2.75) is 33.1 Å².